The molecule has 2 amide bonds. The largest absolute Gasteiger partial charge is 0.340 e. The first-order valence-electron chi connectivity index (χ1n) is 6.48. The van der Waals surface area contributed by atoms with Crippen LogP contribution in [-0.2, 0) is 23.2 Å². The van der Waals surface area contributed by atoms with E-state index < -0.39 is 11.6 Å². The minimum Gasteiger partial charge on any atom is -0.340 e. The molecule has 1 N–H and O–H groups in total. The quantitative estimate of drug-likeness (QED) is 0.861. The van der Waals surface area contributed by atoms with Crippen molar-refractivity contribution in [3.63, 3.8) is 0 Å². The molecular formula is C13H20N4O2. The van der Waals surface area contributed by atoms with Gasteiger partial charge in [-0.3, -0.25) is 14.3 Å². The second-order valence-corrected chi connectivity index (χ2v) is 5.31. The van der Waals surface area contributed by atoms with Gasteiger partial charge in [-0.05, 0) is 20.3 Å². The van der Waals surface area contributed by atoms with Gasteiger partial charge < -0.3 is 10.2 Å². The van der Waals surface area contributed by atoms with Crippen LogP contribution in [0.5, 0.6) is 0 Å². The van der Waals surface area contributed by atoms with Crippen molar-refractivity contribution in [2.45, 2.75) is 45.3 Å². The number of piperazine rings is 1. The molecule has 1 aliphatic rings. The summed E-state index contributed by atoms with van der Waals surface area (Å²) < 4.78 is 1.69. The Bertz CT molecular complexity index is 510. The highest BCUT2D eigenvalue weighted by Crippen LogP contribution is 2.23. The first-order valence-corrected chi connectivity index (χ1v) is 6.48. The van der Waals surface area contributed by atoms with Crippen LogP contribution < -0.4 is 5.32 Å². The van der Waals surface area contributed by atoms with E-state index in [4.69, 9.17) is 0 Å². The smallest absolute Gasteiger partial charge is 0.249 e. The van der Waals surface area contributed by atoms with Gasteiger partial charge in [-0.1, -0.05) is 6.92 Å². The zero-order valence-electron chi connectivity index (χ0n) is 11.8. The Morgan fingerprint density at radius 2 is 2.16 bits per heavy atom. The van der Waals surface area contributed by atoms with Gasteiger partial charge in [0.1, 0.15) is 11.6 Å². The molecule has 2 unspecified atom stereocenters. The number of carbonyl (C=O) groups is 2. The zero-order chi connectivity index (χ0) is 14.2. The Balaban J connectivity index is 2.25. The monoisotopic (exact) mass is 264 g/mol. The van der Waals surface area contributed by atoms with E-state index in [0.29, 0.717) is 13.0 Å². The van der Waals surface area contributed by atoms with Gasteiger partial charge in [-0.2, -0.15) is 5.10 Å². The van der Waals surface area contributed by atoms with Crippen LogP contribution in [0, 0.1) is 0 Å². The fourth-order valence-corrected chi connectivity index (χ4v) is 2.26. The molecule has 2 atom stereocenters. The summed E-state index contributed by atoms with van der Waals surface area (Å²) in [7, 11) is 1.83. The van der Waals surface area contributed by atoms with Gasteiger partial charge in [-0.25, -0.2) is 0 Å². The van der Waals surface area contributed by atoms with Crippen molar-refractivity contribution in [3.05, 3.63) is 18.0 Å². The van der Waals surface area contributed by atoms with Crippen molar-refractivity contribution in [1.29, 1.82) is 0 Å². The average molecular weight is 264 g/mol. The molecular weight excluding hydrogens is 244 g/mol. The molecule has 1 aliphatic heterocycles. The zero-order valence-corrected chi connectivity index (χ0v) is 11.8. The maximum Gasteiger partial charge on any atom is 0.249 e. The fraction of sp³-hybridized carbons (Fsp3) is 0.615. The molecule has 1 fully saturated rings. The maximum absolute atomic E-state index is 12.5. The maximum atomic E-state index is 12.5. The van der Waals surface area contributed by atoms with Gasteiger partial charge in [0, 0.05) is 25.4 Å². The summed E-state index contributed by atoms with van der Waals surface area (Å²) in [6.07, 6.45) is 4.15. The van der Waals surface area contributed by atoms with E-state index in [0.717, 1.165) is 5.56 Å². The van der Waals surface area contributed by atoms with E-state index in [-0.39, 0.29) is 11.8 Å². The van der Waals surface area contributed by atoms with E-state index in [1.54, 1.807) is 29.6 Å². The fourth-order valence-electron chi connectivity index (χ4n) is 2.26. The van der Waals surface area contributed by atoms with Crippen LogP contribution in [0.15, 0.2) is 12.4 Å². The van der Waals surface area contributed by atoms with Gasteiger partial charge in [0.25, 0.3) is 0 Å². The molecule has 2 heterocycles. The van der Waals surface area contributed by atoms with E-state index in [9.17, 15) is 9.59 Å². The van der Waals surface area contributed by atoms with Crippen LogP contribution in [0.4, 0.5) is 0 Å². The molecule has 0 bridgehead atoms. The third-order valence-electron chi connectivity index (χ3n) is 3.80. The highest BCUT2D eigenvalue weighted by atomic mass is 16.2. The van der Waals surface area contributed by atoms with E-state index >= 15 is 0 Å². The van der Waals surface area contributed by atoms with Gasteiger partial charge in [0.2, 0.25) is 11.8 Å². The molecule has 6 nitrogen and oxygen atoms in total. The molecule has 19 heavy (non-hydrogen) atoms. The van der Waals surface area contributed by atoms with Crippen molar-refractivity contribution < 1.29 is 9.59 Å². The third kappa shape index (κ3) is 2.34. The molecule has 0 radical (unpaired) electrons. The highest BCUT2D eigenvalue weighted by molar-refractivity contribution is 5.99. The Morgan fingerprint density at radius 1 is 1.47 bits per heavy atom. The summed E-state index contributed by atoms with van der Waals surface area (Å²) in [5.41, 5.74) is 0.127. The number of rotatable bonds is 3. The summed E-state index contributed by atoms with van der Waals surface area (Å²) in [5, 5.41) is 6.90. The third-order valence-corrected chi connectivity index (χ3v) is 3.80. The predicted octanol–water partition coefficient (Wildman–Crippen LogP) is 0.436. The average Bonchev–Trinajstić information content (AvgIpc) is 2.78. The number of carbonyl (C=O) groups excluding carboxylic acids is 2. The van der Waals surface area contributed by atoms with Crippen LogP contribution in [-0.4, -0.2) is 38.1 Å². The topological polar surface area (TPSA) is 67.2 Å². The summed E-state index contributed by atoms with van der Waals surface area (Å²) in [5.74, 6) is -0.140. The number of aromatic nitrogens is 2. The van der Waals surface area contributed by atoms with Crippen LogP contribution >= 0.6 is 0 Å². The summed E-state index contributed by atoms with van der Waals surface area (Å²) in [4.78, 5) is 26.1. The molecule has 2 rings (SSSR count). The molecule has 1 aromatic rings. The lowest BCUT2D eigenvalue weighted by atomic mass is 9.92. The lowest BCUT2D eigenvalue weighted by Crippen LogP contribution is -2.68. The van der Waals surface area contributed by atoms with Crippen molar-refractivity contribution >= 4 is 11.8 Å². The molecule has 1 saturated heterocycles. The normalized spacial score (nSPS) is 27.6. The van der Waals surface area contributed by atoms with Gasteiger partial charge in [0.15, 0.2) is 0 Å². The summed E-state index contributed by atoms with van der Waals surface area (Å²) in [6.45, 7) is 5.83. The van der Waals surface area contributed by atoms with Gasteiger partial charge >= 0.3 is 0 Å². The van der Waals surface area contributed by atoms with E-state index in [2.05, 4.69) is 10.4 Å². The van der Waals surface area contributed by atoms with Gasteiger partial charge in [-0.15, -0.1) is 0 Å². The second-order valence-electron chi connectivity index (χ2n) is 5.31. The summed E-state index contributed by atoms with van der Waals surface area (Å²) >= 11 is 0. The Hall–Kier alpha value is -1.85. The van der Waals surface area contributed by atoms with Crippen LogP contribution in [0.3, 0.4) is 0 Å². The SMILES string of the molecule is CCC1(C)NC(=O)C(C)N(Cc2cnn(C)c2)C1=O. The lowest BCUT2D eigenvalue weighted by molar-refractivity contribution is -0.154. The van der Waals surface area contributed by atoms with Crippen LogP contribution in [0.25, 0.3) is 0 Å². The van der Waals surface area contributed by atoms with E-state index in [1.807, 2.05) is 20.2 Å². The van der Waals surface area contributed by atoms with Crippen LogP contribution in [0.1, 0.15) is 32.8 Å². The second kappa shape index (κ2) is 4.68. The number of nitrogens with one attached hydrogen (secondary N) is 1. The van der Waals surface area contributed by atoms with Crippen molar-refractivity contribution in [1.82, 2.24) is 20.0 Å². The number of nitrogens with zero attached hydrogens (tertiary/aromatic N) is 3. The number of hydrogen-bond acceptors (Lipinski definition) is 3. The number of amides is 2. The van der Waals surface area contributed by atoms with Crippen molar-refractivity contribution in [2.75, 3.05) is 0 Å². The van der Waals surface area contributed by atoms with E-state index in [1.165, 1.54) is 0 Å². The minimum atomic E-state index is -0.800. The molecule has 0 saturated carbocycles. The number of hydrogen-bond donors (Lipinski definition) is 1. The Labute approximate surface area is 112 Å². The first-order chi connectivity index (χ1) is 8.87. The first kappa shape index (κ1) is 13.6. The molecule has 0 spiro atoms. The molecule has 0 aromatic carbocycles. The Kier molecular flexibility index (Phi) is 3.34. The van der Waals surface area contributed by atoms with Crippen molar-refractivity contribution in [3.8, 4) is 0 Å². The predicted molar refractivity (Wildman–Crippen MR) is 70.1 cm³/mol. The highest BCUT2D eigenvalue weighted by Gasteiger charge is 2.45. The standard InChI is InChI=1S/C13H20N4O2/c1-5-13(3)12(19)17(9(2)11(18)15-13)8-10-6-14-16(4)7-10/h6-7,9H,5,8H2,1-4H3,(H,15,18). The lowest BCUT2D eigenvalue weighted by Gasteiger charge is -2.42. The molecule has 104 valence electrons. The molecule has 6 heteroatoms. The molecule has 0 aliphatic carbocycles. The van der Waals surface area contributed by atoms with Gasteiger partial charge in [0.05, 0.1) is 6.20 Å². The van der Waals surface area contributed by atoms with Crippen LogP contribution in [0.2, 0.25) is 0 Å². The Morgan fingerprint density at radius 3 is 2.68 bits per heavy atom. The summed E-state index contributed by atoms with van der Waals surface area (Å²) in [6, 6.07) is -0.452. The number of aryl methyl sites for hydroxylation is 1. The minimum absolute atomic E-state index is 0.0362. The van der Waals surface area contributed by atoms with Crippen molar-refractivity contribution in [2.24, 2.45) is 7.05 Å². The molecule has 1 aromatic heterocycles.